The summed E-state index contributed by atoms with van der Waals surface area (Å²) < 4.78 is 45.1. The van der Waals surface area contributed by atoms with Gasteiger partial charge in [-0.2, -0.15) is 0 Å². The lowest BCUT2D eigenvalue weighted by molar-refractivity contribution is 0.322. The monoisotopic (exact) mass is 329 g/mol. The Morgan fingerprint density at radius 2 is 1.86 bits per heavy atom. The average Bonchev–Trinajstić information content (AvgIpc) is 2.44. The molecule has 0 radical (unpaired) electrons. The third-order valence-corrected chi connectivity index (χ3v) is 4.32. The number of para-hydroxylation sites is 1. The van der Waals surface area contributed by atoms with Crippen molar-refractivity contribution in [3.8, 4) is 5.75 Å². The highest BCUT2D eigenvalue weighted by atomic mass is 35.5. The number of halogens is 2. The van der Waals surface area contributed by atoms with Crippen molar-refractivity contribution in [2.45, 2.75) is 4.90 Å². The number of sulfonamides is 1. The van der Waals surface area contributed by atoms with Crippen LogP contribution in [0.2, 0.25) is 5.02 Å². The number of hydrogen-bond donors (Lipinski definition) is 1. The molecule has 112 valence electrons. The fourth-order valence-corrected chi connectivity index (χ4v) is 2.86. The summed E-state index contributed by atoms with van der Waals surface area (Å²) in [6, 6.07) is 12.4. The second kappa shape index (κ2) is 6.89. The molecule has 0 heterocycles. The Labute approximate surface area is 127 Å². The number of hydrogen-bond acceptors (Lipinski definition) is 3. The summed E-state index contributed by atoms with van der Waals surface area (Å²) in [6.07, 6.45) is 0. The Morgan fingerprint density at radius 3 is 2.52 bits per heavy atom. The summed E-state index contributed by atoms with van der Waals surface area (Å²) in [7, 11) is -3.93. The minimum absolute atomic E-state index is 0.0271. The molecule has 0 atom stereocenters. The van der Waals surface area contributed by atoms with E-state index in [0.29, 0.717) is 5.75 Å². The molecule has 0 aromatic heterocycles. The van der Waals surface area contributed by atoms with Gasteiger partial charge in [-0.3, -0.25) is 0 Å². The number of ether oxygens (including phenoxy) is 1. The van der Waals surface area contributed by atoms with E-state index in [1.807, 2.05) is 18.2 Å². The SMILES string of the molecule is O=S(=O)(NCCOc1ccccc1)c1ccc(Cl)cc1F. The van der Waals surface area contributed by atoms with Crippen LogP contribution in [0.5, 0.6) is 5.75 Å². The zero-order valence-electron chi connectivity index (χ0n) is 10.9. The van der Waals surface area contributed by atoms with Crippen molar-refractivity contribution in [1.29, 1.82) is 0 Å². The van der Waals surface area contributed by atoms with E-state index in [4.69, 9.17) is 16.3 Å². The fourth-order valence-electron chi connectivity index (χ4n) is 1.63. The molecule has 2 aromatic carbocycles. The van der Waals surface area contributed by atoms with E-state index in [1.54, 1.807) is 12.1 Å². The van der Waals surface area contributed by atoms with Crippen LogP contribution >= 0.6 is 11.6 Å². The van der Waals surface area contributed by atoms with Crippen molar-refractivity contribution < 1.29 is 17.5 Å². The van der Waals surface area contributed by atoms with Gasteiger partial charge in [0.1, 0.15) is 23.1 Å². The maximum Gasteiger partial charge on any atom is 0.243 e. The van der Waals surface area contributed by atoms with E-state index >= 15 is 0 Å². The van der Waals surface area contributed by atoms with Gasteiger partial charge in [-0.1, -0.05) is 29.8 Å². The van der Waals surface area contributed by atoms with Crippen molar-refractivity contribution in [3.05, 3.63) is 59.4 Å². The first kappa shape index (κ1) is 15.8. The van der Waals surface area contributed by atoms with Crippen LogP contribution in [0.1, 0.15) is 0 Å². The topological polar surface area (TPSA) is 55.4 Å². The van der Waals surface area contributed by atoms with Crippen molar-refractivity contribution in [2.24, 2.45) is 0 Å². The largest absolute Gasteiger partial charge is 0.492 e. The first-order valence-electron chi connectivity index (χ1n) is 6.11. The third-order valence-electron chi connectivity index (χ3n) is 2.59. The summed E-state index contributed by atoms with van der Waals surface area (Å²) in [5.74, 6) is -0.256. The summed E-state index contributed by atoms with van der Waals surface area (Å²) in [6.45, 7) is 0.164. The molecule has 7 heteroatoms. The maximum atomic E-state index is 13.6. The van der Waals surface area contributed by atoms with Crippen molar-refractivity contribution in [3.63, 3.8) is 0 Å². The molecule has 21 heavy (non-hydrogen) atoms. The molecule has 0 spiro atoms. The number of benzene rings is 2. The van der Waals surface area contributed by atoms with Gasteiger partial charge in [-0.05, 0) is 30.3 Å². The zero-order valence-corrected chi connectivity index (χ0v) is 12.5. The lowest BCUT2D eigenvalue weighted by Gasteiger charge is -2.09. The van der Waals surface area contributed by atoms with Gasteiger partial charge in [-0.15, -0.1) is 0 Å². The fraction of sp³-hybridized carbons (Fsp3) is 0.143. The lowest BCUT2D eigenvalue weighted by Crippen LogP contribution is -2.29. The Balaban J connectivity index is 1.92. The van der Waals surface area contributed by atoms with E-state index in [2.05, 4.69) is 4.72 Å². The van der Waals surface area contributed by atoms with Crippen LogP contribution in [0.3, 0.4) is 0 Å². The molecule has 0 fully saturated rings. The number of rotatable bonds is 6. The van der Waals surface area contributed by atoms with Crippen molar-refractivity contribution >= 4 is 21.6 Å². The minimum atomic E-state index is -3.93. The van der Waals surface area contributed by atoms with Crippen LogP contribution in [-0.4, -0.2) is 21.6 Å². The Bertz CT molecular complexity index is 707. The standard InChI is InChI=1S/C14H13ClFNO3S/c15-11-6-7-14(13(16)10-11)21(18,19)17-8-9-20-12-4-2-1-3-5-12/h1-7,10,17H,8-9H2. The molecule has 2 aromatic rings. The van der Waals surface area contributed by atoms with Gasteiger partial charge in [0.05, 0.1) is 0 Å². The van der Waals surface area contributed by atoms with Crippen LogP contribution in [0, 0.1) is 5.82 Å². The van der Waals surface area contributed by atoms with E-state index in [0.717, 1.165) is 12.1 Å². The Kier molecular flexibility index (Phi) is 5.17. The molecule has 4 nitrogen and oxygen atoms in total. The Morgan fingerprint density at radius 1 is 1.14 bits per heavy atom. The Hall–Kier alpha value is -1.63. The molecule has 0 unspecified atom stereocenters. The highest BCUT2D eigenvalue weighted by Crippen LogP contribution is 2.18. The summed E-state index contributed by atoms with van der Waals surface area (Å²) in [5.41, 5.74) is 0. The molecule has 1 N–H and O–H groups in total. The predicted octanol–water partition coefficient (Wildman–Crippen LogP) is 2.84. The molecule has 0 aliphatic carbocycles. The zero-order chi connectivity index (χ0) is 15.3. The summed E-state index contributed by atoms with van der Waals surface area (Å²) in [5, 5.41) is 0.138. The highest BCUT2D eigenvalue weighted by molar-refractivity contribution is 7.89. The molecule has 0 aliphatic rings. The van der Waals surface area contributed by atoms with Gasteiger partial charge >= 0.3 is 0 Å². The van der Waals surface area contributed by atoms with Crippen LogP contribution in [0.15, 0.2) is 53.4 Å². The smallest absolute Gasteiger partial charge is 0.243 e. The normalized spacial score (nSPS) is 11.3. The van der Waals surface area contributed by atoms with Crippen molar-refractivity contribution in [2.75, 3.05) is 13.2 Å². The third kappa shape index (κ3) is 4.42. The van der Waals surface area contributed by atoms with Crippen molar-refractivity contribution in [1.82, 2.24) is 4.72 Å². The highest BCUT2D eigenvalue weighted by Gasteiger charge is 2.18. The predicted molar refractivity (Wildman–Crippen MR) is 78.5 cm³/mol. The van der Waals surface area contributed by atoms with Gasteiger partial charge in [0.25, 0.3) is 0 Å². The average molecular weight is 330 g/mol. The van der Waals surface area contributed by atoms with E-state index < -0.39 is 20.7 Å². The van der Waals surface area contributed by atoms with Crippen LogP contribution < -0.4 is 9.46 Å². The van der Waals surface area contributed by atoms with Gasteiger partial charge in [0, 0.05) is 11.6 Å². The second-order valence-electron chi connectivity index (χ2n) is 4.13. The van der Waals surface area contributed by atoms with Crippen LogP contribution in [0.25, 0.3) is 0 Å². The molecular formula is C14H13ClFNO3S. The molecule has 0 bridgehead atoms. The van der Waals surface area contributed by atoms with Crippen LogP contribution in [-0.2, 0) is 10.0 Å². The van der Waals surface area contributed by atoms with Gasteiger partial charge in [-0.25, -0.2) is 17.5 Å². The first-order chi connectivity index (χ1) is 9.99. The quantitative estimate of drug-likeness (QED) is 0.829. The molecule has 0 aliphatic heterocycles. The second-order valence-corrected chi connectivity index (χ2v) is 6.31. The molecule has 2 rings (SSSR count). The van der Waals surface area contributed by atoms with E-state index in [-0.39, 0.29) is 18.2 Å². The lowest BCUT2D eigenvalue weighted by atomic mass is 10.3. The number of nitrogens with one attached hydrogen (secondary N) is 1. The molecule has 0 saturated heterocycles. The van der Waals surface area contributed by atoms with E-state index in [1.165, 1.54) is 6.07 Å². The van der Waals surface area contributed by atoms with E-state index in [9.17, 15) is 12.8 Å². The van der Waals surface area contributed by atoms with Gasteiger partial charge in [0.15, 0.2) is 0 Å². The summed E-state index contributed by atoms with van der Waals surface area (Å²) in [4.78, 5) is -0.438. The molecule has 0 saturated carbocycles. The maximum absolute atomic E-state index is 13.6. The molecule has 0 amide bonds. The van der Waals surface area contributed by atoms with Crippen LogP contribution in [0.4, 0.5) is 4.39 Å². The van der Waals surface area contributed by atoms with Gasteiger partial charge < -0.3 is 4.74 Å². The summed E-state index contributed by atoms with van der Waals surface area (Å²) >= 11 is 5.59. The molecular weight excluding hydrogens is 317 g/mol. The first-order valence-corrected chi connectivity index (χ1v) is 7.98. The van der Waals surface area contributed by atoms with Gasteiger partial charge in [0.2, 0.25) is 10.0 Å². The minimum Gasteiger partial charge on any atom is -0.492 e.